The quantitative estimate of drug-likeness (QED) is 0.0706. The van der Waals surface area contributed by atoms with Crippen LogP contribution < -0.4 is 0 Å². The molecule has 4 rings (SSSR count). The summed E-state index contributed by atoms with van der Waals surface area (Å²) in [5.41, 5.74) is 3.04. The Morgan fingerprint density at radius 1 is 0.519 bits per heavy atom. The van der Waals surface area contributed by atoms with Gasteiger partial charge < -0.3 is 18.9 Å². The molecule has 54 heavy (non-hydrogen) atoms. The average Bonchev–Trinajstić information content (AvgIpc) is 3.18. The lowest BCUT2D eigenvalue weighted by molar-refractivity contribution is -0.153. The molecule has 0 spiro atoms. The van der Waals surface area contributed by atoms with Crippen molar-refractivity contribution < 1.29 is 38.1 Å². The summed E-state index contributed by atoms with van der Waals surface area (Å²) in [7, 11) is 0. The lowest BCUT2D eigenvalue weighted by Gasteiger charge is -2.29. The Morgan fingerprint density at radius 2 is 0.870 bits per heavy atom. The van der Waals surface area contributed by atoms with Gasteiger partial charge in [0, 0.05) is 0 Å². The van der Waals surface area contributed by atoms with E-state index in [9.17, 15) is 19.2 Å². The summed E-state index contributed by atoms with van der Waals surface area (Å²) >= 11 is 0. The van der Waals surface area contributed by atoms with Crippen molar-refractivity contribution in [2.24, 2.45) is 11.8 Å². The minimum absolute atomic E-state index is 0.122. The first-order chi connectivity index (χ1) is 26.2. The van der Waals surface area contributed by atoms with Gasteiger partial charge in [-0.25, -0.2) is 9.59 Å². The Bertz CT molecular complexity index is 1310. The van der Waals surface area contributed by atoms with Gasteiger partial charge in [-0.3, -0.25) is 9.59 Å². The van der Waals surface area contributed by atoms with Crippen LogP contribution >= 0.6 is 0 Å². The molecule has 2 saturated carbocycles. The van der Waals surface area contributed by atoms with Gasteiger partial charge in [0.05, 0.1) is 37.2 Å². The van der Waals surface area contributed by atoms with E-state index in [0.717, 1.165) is 37.5 Å². The summed E-state index contributed by atoms with van der Waals surface area (Å²) in [4.78, 5) is 52.7. The topological polar surface area (TPSA) is 105 Å². The molecule has 2 atom stereocenters. The molecule has 8 heteroatoms. The summed E-state index contributed by atoms with van der Waals surface area (Å²) in [5.74, 6) is -0.0721. The Labute approximate surface area is 324 Å². The van der Waals surface area contributed by atoms with Crippen LogP contribution in [0.25, 0.3) is 0 Å². The molecule has 0 N–H and O–H groups in total. The van der Waals surface area contributed by atoms with Gasteiger partial charge in [0.2, 0.25) is 0 Å². The van der Waals surface area contributed by atoms with Gasteiger partial charge in [-0.2, -0.15) is 0 Å². The van der Waals surface area contributed by atoms with Crippen LogP contribution in [0.2, 0.25) is 0 Å². The van der Waals surface area contributed by atoms with Gasteiger partial charge in [0.1, 0.15) is 12.2 Å². The third kappa shape index (κ3) is 13.9. The van der Waals surface area contributed by atoms with E-state index in [2.05, 4.69) is 13.8 Å². The molecule has 0 unspecified atom stereocenters. The highest BCUT2D eigenvalue weighted by Gasteiger charge is 2.35. The molecule has 0 amide bonds. The fourth-order valence-electron chi connectivity index (χ4n) is 8.40. The number of carbonyl (C=O) groups excluding carboxylic acids is 4. The van der Waals surface area contributed by atoms with Crippen LogP contribution in [-0.4, -0.2) is 49.3 Å². The summed E-state index contributed by atoms with van der Waals surface area (Å²) in [5, 5.41) is 0. The number of benzene rings is 2. The van der Waals surface area contributed by atoms with Gasteiger partial charge in [-0.05, 0) is 124 Å². The van der Waals surface area contributed by atoms with Crippen LogP contribution in [-0.2, 0) is 28.5 Å². The second-order valence-electron chi connectivity index (χ2n) is 15.6. The first kappa shape index (κ1) is 43.1. The first-order valence-electron chi connectivity index (χ1n) is 21.2. The average molecular weight is 747 g/mol. The molecule has 2 aromatic rings. The Morgan fingerprint density at radius 3 is 1.19 bits per heavy atom. The Balaban J connectivity index is 1.42. The summed E-state index contributed by atoms with van der Waals surface area (Å²) in [6.07, 6.45) is 16.5. The maximum atomic E-state index is 13.6. The molecule has 0 aromatic heterocycles. The van der Waals surface area contributed by atoms with Crippen molar-refractivity contribution in [3.8, 4) is 0 Å². The van der Waals surface area contributed by atoms with Crippen molar-refractivity contribution >= 4 is 23.9 Å². The van der Waals surface area contributed by atoms with Crippen molar-refractivity contribution in [1.82, 2.24) is 0 Å². The normalized spacial score (nSPS) is 21.0. The van der Waals surface area contributed by atoms with E-state index in [4.69, 9.17) is 18.9 Å². The minimum Gasteiger partial charge on any atom is -0.466 e. The van der Waals surface area contributed by atoms with E-state index in [1.807, 2.05) is 24.3 Å². The SMILES string of the molecule is CCCCC[C@H]1CC[C@H](c2ccc(C(=O)O[C@H](CC(=O)OCC)[C@@H](CC(=O)OCC)OC(=O)c3ccc([C@H]4CC[C@H](CCCCC)CC4)cc3)cc2)CC1. The molecule has 8 nitrogen and oxygen atoms in total. The van der Waals surface area contributed by atoms with Crippen LogP contribution in [0, 0.1) is 11.8 Å². The van der Waals surface area contributed by atoms with E-state index in [0.29, 0.717) is 23.0 Å². The molecule has 2 aliphatic carbocycles. The molecule has 298 valence electrons. The zero-order chi connectivity index (χ0) is 38.7. The highest BCUT2D eigenvalue weighted by Crippen LogP contribution is 2.39. The second-order valence-corrected chi connectivity index (χ2v) is 15.6. The number of rotatable bonds is 21. The largest absolute Gasteiger partial charge is 0.466 e. The first-order valence-corrected chi connectivity index (χ1v) is 21.2. The molecule has 2 fully saturated rings. The number of esters is 4. The van der Waals surface area contributed by atoms with Gasteiger partial charge in [0.25, 0.3) is 0 Å². The van der Waals surface area contributed by atoms with Gasteiger partial charge in [-0.15, -0.1) is 0 Å². The van der Waals surface area contributed by atoms with Crippen LogP contribution in [0.1, 0.15) is 187 Å². The second kappa shape index (κ2) is 23.3. The van der Waals surface area contributed by atoms with Crippen LogP contribution in [0.4, 0.5) is 0 Å². The highest BCUT2D eigenvalue weighted by atomic mass is 16.6. The molecule has 0 heterocycles. The van der Waals surface area contributed by atoms with Gasteiger partial charge in [0.15, 0.2) is 0 Å². The predicted octanol–water partition coefficient (Wildman–Crippen LogP) is 11.1. The monoisotopic (exact) mass is 746 g/mol. The molecule has 2 aromatic carbocycles. The van der Waals surface area contributed by atoms with E-state index in [1.165, 1.54) is 88.2 Å². The number of ether oxygens (including phenoxy) is 4. The maximum absolute atomic E-state index is 13.6. The number of carbonyl (C=O) groups is 4. The van der Waals surface area contributed by atoms with E-state index >= 15 is 0 Å². The van der Waals surface area contributed by atoms with E-state index < -0.39 is 48.9 Å². The van der Waals surface area contributed by atoms with Crippen LogP contribution in [0.3, 0.4) is 0 Å². The molecule has 0 radical (unpaired) electrons. The lowest BCUT2D eigenvalue weighted by Crippen LogP contribution is -2.39. The van der Waals surface area contributed by atoms with Crippen molar-refractivity contribution in [1.29, 1.82) is 0 Å². The molecular weight excluding hydrogens is 680 g/mol. The molecule has 0 saturated heterocycles. The van der Waals surface area contributed by atoms with Crippen LogP contribution in [0.5, 0.6) is 0 Å². The smallest absolute Gasteiger partial charge is 0.338 e. The minimum atomic E-state index is -1.28. The van der Waals surface area contributed by atoms with Gasteiger partial charge >= 0.3 is 23.9 Å². The predicted molar refractivity (Wildman–Crippen MR) is 211 cm³/mol. The van der Waals surface area contributed by atoms with E-state index in [-0.39, 0.29) is 13.2 Å². The number of unbranched alkanes of at least 4 members (excludes halogenated alkanes) is 4. The molecule has 0 bridgehead atoms. The summed E-state index contributed by atoms with van der Waals surface area (Å²) < 4.78 is 22.2. The highest BCUT2D eigenvalue weighted by molar-refractivity contribution is 5.91. The van der Waals surface area contributed by atoms with Crippen molar-refractivity contribution in [2.75, 3.05) is 13.2 Å². The standard InChI is InChI=1S/C46H66O8/c1-5-9-11-13-33-15-19-35(20-16-33)37-23-27-39(28-24-37)45(49)53-41(31-43(47)51-7-3)42(32-44(48)52-8-4)54-46(50)40-29-25-38(26-30-40)36-21-17-34(18-22-36)14-12-10-6-2/h23-30,33-36,41-42H,5-22,31-32H2,1-4H3/t33-,34-,35-,36-,41-,42-/m1/s1. The van der Waals surface area contributed by atoms with Crippen molar-refractivity contribution in [3.63, 3.8) is 0 Å². The fraction of sp³-hybridized carbons (Fsp3) is 0.652. The molecule has 0 aliphatic heterocycles. The van der Waals surface area contributed by atoms with Gasteiger partial charge in [-0.1, -0.05) is 89.5 Å². The third-order valence-corrected chi connectivity index (χ3v) is 11.6. The summed E-state index contributed by atoms with van der Waals surface area (Å²) in [6, 6.07) is 14.9. The zero-order valence-corrected chi connectivity index (χ0v) is 33.5. The maximum Gasteiger partial charge on any atom is 0.338 e. The Hall–Kier alpha value is -3.68. The van der Waals surface area contributed by atoms with Crippen molar-refractivity contribution in [2.45, 2.75) is 167 Å². The van der Waals surface area contributed by atoms with Crippen LogP contribution in [0.15, 0.2) is 48.5 Å². The number of hydrogen-bond acceptors (Lipinski definition) is 8. The van der Waals surface area contributed by atoms with Crippen molar-refractivity contribution in [3.05, 3.63) is 70.8 Å². The molecule has 2 aliphatic rings. The zero-order valence-electron chi connectivity index (χ0n) is 33.5. The lowest BCUT2D eigenvalue weighted by atomic mass is 9.77. The Kier molecular flexibility index (Phi) is 18.6. The summed E-state index contributed by atoms with van der Waals surface area (Å²) in [6.45, 7) is 8.09. The number of hydrogen-bond donors (Lipinski definition) is 0. The molecular formula is C46H66O8. The fourth-order valence-corrected chi connectivity index (χ4v) is 8.40. The van der Waals surface area contributed by atoms with E-state index in [1.54, 1.807) is 38.1 Å². The third-order valence-electron chi connectivity index (χ3n) is 11.6.